The van der Waals surface area contributed by atoms with E-state index in [0.29, 0.717) is 30.9 Å². The molecule has 0 aromatic carbocycles. The summed E-state index contributed by atoms with van der Waals surface area (Å²) in [6.45, 7) is 6.95. The fraction of sp³-hybridized carbons (Fsp3) is 1.00. The van der Waals surface area contributed by atoms with Crippen molar-refractivity contribution < 1.29 is 32.8 Å². The van der Waals surface area contributed by atoms with Crippen LogP contribution in [0.2, 0.25) is 0 Å². The zero-order valence-corrected chi connectivity index (χ0v) is 28.1. The van der Waals surface area contributed by atoms with Gasteiger partial charge in [-0.25, -0.2) is 4.57 Å². The second kappa shape index (κ2) is 26.6. The van der Waals surface area contributed by atoms with Crippen LogP contribution in [-0.2, 0) is 18.6 Å². The van der Waals surface area contributed by atoms with Gasteiger partial charge in [0, 0.05) is 13.2 Å². The van der Waals surface area contributed by atoms with Crippen LogP contribution in [0.3, 0.4) is 0 Å². The lowest BCUT2D eigenvalue weighted by Gasteiger charge is -2.38. The van der Waals surface area contributed by atoms with Gasteiger partial charge in [-0.3, -0.25) is 4.52 Å². The Kier molecular flexibility index (Phi) is 26.6. The quantitative estimate of drug-likeness (QED) is 0.0475. The predicted molar refractivity (Wildman–Crippen MR) is 169 cm³/mol. The molecule has 0 heterocycles. The Morgan fingerprint density at radius 2 is 0.875 bits per heavy atom. The van der Waals surface area contributed by atoms with Crippen molar-refractivity contribution in [1.29, 1.82) is 0 Å². The Hall–Kier alpha value is -0.0100. The van der Waals surface area contributed by atoms with E-state index in [0.717, 1.165) is 12.8 Å². The summed E-state index contributed by atoms with van der Waals surface area (Å²) >= 11 is 0. The summed E-state index contributed by atoms with van der Waals surface area (Å²) in [4.78, 5) is 18.6. The summed E-state index contributed by atoms with van der Waals surface area (Å²) in [6, 6.07) is -0.145. The number of likely N-dealkylation sites (N-methyl/N-ethyl adjacent to an activating group) is 1. The summed E-state index contributed by atoms with van der Waals surface area (Å²) in [6.07, 6.45) is 25.9. The molecule has 0 aliphatic carbocycles. The number of rotatable bonds is 31. The van der Waals surface area contributed by atoms with Crippen LogP contribution in [0.1, 0.15) is 142 Å². The van der Waals surface area contributed by atoms with Crippen LogP contribution in [0.4, 0.5) is 0 Å². The van der Waals surface area contributed by atoms with Gasteiger partial charge >= 0.3 is 7.82 Å². The maximum Gasteiger partial charge on any atom is 0.469 e. The first-order valence-electron chi connectivity index (χ1n) is 16.8. The molecule has 1 unspecified atom stereocenters. The Morgan fingerprint density at radius 1 is 0.550 bits per heavy atom. The van der Waals surface area contributed by atoms with Gasteiger partial charge in [0.05, 0.1) is 40.3 Å². The molecule has 0 saturated carbocycles. The van der Waals surface area contributed by atoms with Gasteiger partial charge in [0.15, 0.2) is 0 Å². The van der Waals surface area contributed by atoms with Gasteiger partial charge in [-0.05, 0) is 12.8 Å². The van der Waals surface area contributed by atoms with Gasteiger partial charge in [-0.15, -0.1) is 0 Å². The van der Waals surface area contributed by atoms with E-state index < -0.39 is 7.82 Å². The molecule has 40 heavy (non-hydrogen) atoms. The van der Waals surface area contributed by atoms with Crippen LogP contribution < -0.4 is 0 Å². The Balaban J connectivity index is 4.38. The summed E-state index contributed by atoms with van der Waals surface area (Å²) in [7, 11) is 1.56. The van der Waals surface area contributed by atoms with E-state index in [9.17, 15) is 14.4 Å². The Morgan fingerprint density at radius 3 is 1.18 bits per heavy atom. The van der Waals surface area contributed by atoms with Crippen LogP contribution in [0.5, 0.6) is 0 Å². The van der Waals surface area contributed by atoms with Crippen molar-refractivity contribution in [2.75, 3.05) is 54.2 Å². The predicted octanol–water partition coefficient (Wildman–Crippen LogP) is 8.66. The first kappa shape index (κ1) is 40.0. The number of unbranched alkanes of at least 4 members (excludes halogenated alkanes) is 18. The lowest BCUT2D eigenvalue weighted by atomic mass is 9.99. The molecule has 8 heteroatoms. The summed E-state index contributed by atoms with van der Waals surface area (Å²) in [5.41, 5.74) is 0. The normalized spacial score (nSPS) is 13.4. The van der Waals surface area contributed by atoms with Gasteiger partial charge in [0.2, 0.25) is 0 Å². The third kappa shape index (κ3) is 26.9. The van der Waals surface area contributed by atoms with Crippen molar-refractivity contribution in [2.45, 2.75) is 148 Å². The number of phosphoric acid groups is 1. The number of ether oxygens (including phenoxy) is 2. The number of nitrogens with zero attached hydrogens (tertiary/aromatic N) is 1. The maximum absolute atomic E-state index is 11.4. The molecule has 242 valence electrons. The molecule has 0 aromatic heterocycles. The van der Waals surface area contributed by atoms with Crippen LogP contribution in [0.25, 0.3) is 0 Å². The number of hydrogen-bond acceptors (Lipinski definition) is 4. The van der Waals surface area contributed by atoms with Gasteiger partial charge in [0.1, 0.15) is 12.6 Å². The highest BCUT2D eigenvalue weighted by atomic mass is 31.2. The van der Waals surface area contributed by atoms with Crippen LogP contribution in [0.15, 0.2) is 0 Å². The maximum atomic E-state index is 11.4. The smallest absolute Gasteiger partial charge is 0.381 e. The molecule has 2 N–H and O–H groups in total. The van der Waals surface area contributed by atoms with E-state index in [1.54, 1.807) is 0 Å². The fourth-order valence-corrected chi connectivity index (χ4v) is 5.64. The number of quaternary nitrogens is 1. The number of hydrogen-bond donors (Lipinski definition) is 2. The van der Waals surface area contributed by atoms with Crippen LogP contribution >= 0.6 is 7.82 Å². The minimum absolute atomic E-state index is 0.00204. The summed E-state index contributed by atoms with van der Waals surface area (Å²) < 4.78 is 29.1. The summed E-state index contributed by atoms with van der Waals surface area (Å²) in [5, 5.41) is 0. The first-order valence-corrected chi connectivity index (χ1v) is 18.3. The lowest BCUT2D eigenvalue weighted by Crippen LogP contribution is -2.54. The molecule has 0 spiro atoms. The molecule has 0 radical (unpaired) electrons. The van der Waals surface area contributed by atoms with E-state index in [4.69, 9.17) is 14.0 Å². The van der Waals surface area contributed by atoms with Crippen molar-refractivity contribution in [3.63, 3.8) is 0 Å². The van der Waals surface area contributed by atoms with Crippen molar-refractivity contribution in [3.05, 3.63) is 0 Å². The highest BCUT2D eigenvalue weighted by molar-refractivity contribution is 7.46. The topological polar surface area (TPSA) is 85.2 Å². The zero-order valence-electron chi connectivity index (χ0n) is 27.3. The van der Waals surface area contributed by atoms with Crippen molar-refractivity contribution in [1.82, 2.24) is 0 Å². The highest BCUT2D eigenvalue weighted by Crippen LogP contribution is 2.37. The second-order valence-electron chi connectivity index (χ2n) is 12.7. The molecule has 0 bridgehead atoms. The molecule has 0 aromatic rings. The van der Waals surface area contributed by atoms with Crippen molar-refractivity contribution >= 4 is 7.82 Å². The average molecular weight is 595 g/mol. The molecular weight excluding hydrogens is 525 g/mol. The monoisotopic (exact) mass is 594 g/mol. The average Bonchev–Trinajstić information content (AvgIpc) is 2.88. The van der Waals surface area contributed by atoms with E-state index in [1.165, 1.54) is 116 Å². The Labute approximate surface area is 249 Å². The minimum Gasteiger partial charge on any atom is -0.381 e. The van der Waals surface area contributed by atoms with Crippen LogP contribution in [0, 0.1) is 5.92 Å². The molecule has 0 aliphatic heterocycles. The van der Waals surface area contributed by atoms with Gasteiger partial charge in [-0.1, -0.05) is 129 Å². The molecule has 0 amide bonds. The fourth-order valence-electron chi connectivity index (χ4n) is 5.29. The van der Waals surface area contributed by atoms with Crippen LogP contribution in [-0.4, -0.2) is 74.5 Å². The minimum atomic E-state index is -4.54. The first-order chi connectivity index (χ1) is 19.1. The summed E-state index contributed by atoms with van der Waals surface area (Å²) in [5.74, 6) is -0.00204. The molecular formula is C32H69NO6P+. The zero-order chi connectivity index (χ0) is 30.0. The number of phosphoric ester groups is 1. The molecule has 0 saturated heterocycles. The molecule has 7 nitrogen and oxygen atoms in total. The van der Waals surface area contributed by atoms with Crippen molar-refractivity contribution in [3.8, 4) is 0 Å². The third-order valence-electron chi connectivity index (χ3n) is 7.90. The van der Waals surface area contributed by atoms with Gasteiger partial charge in [-0.2, -0.15) is 0 Å². The standard InChI is InChI=1S/C32H68NO6P/c1-6-8-10-12-14-16-18-20-22-24-26-37-28-31(32(33(3,4)5)30-39-40(34,35)36)29-38-27-25-23-21-19-17-15-13-11-9-7-2/h31-32H,6-30H2,1-5H3,(H-,34,35,36)/p+1. The Bertz CT molecular complexity index is 552. The molecule has 0 aliphatic rings. The molecule has 0 fully saturated rings. The largest absolute Gasteiger partial charge is 0.469 e. The van der Waals surface area contributed by atoms with Gasteiger partial charge in [0.25, 0.3) is 0 Å². The van der Waals surface area contributed by atoms with Gasteiger partial charge < -0.3 is 23.7 Å². The van der Waals surface area contributed by atoms with Crippen molar-refractivity contribution in [2.24, 2.45) is 5.92 Å². The van der Waals surface area contributed by atoms with E-state index in [-0.39, 0.29) is 18.6 Å². The van der Waals surface area contributed by atoms with E-state index in [1.807, 2.05) is 21.1 Å². The molecule has 1 atom stereocenters. The molecule has 0 rings (SSSR count). The van der Waals surface area contributed by atoms with E-state index in [2.05, 4.69) is 13.8 Å². The third-order valence-corrected chi connectivity index (χ3v) is 8.39. The lowest BCUT2D eigenvalue weighted by molar-refractivity contribution is -0.900. The second-order valence-corrected chi connectivity index (χ2v) is 14.0. The highest BCUT2D eigenvalue weighted by Gasteiger charge is 2.35. The van der Waals surface area contributed by atoms with E-state index >= 15 is 0 Å². The SMILES string of the molecule is CCCCCCCCCCCCOCC(COCCCCCCCCCCCC)C(COP(=O)(O)O)[N+](C)(C)C.